The molecule has 3 rings (SSSR count). The van der Waals surface area contributed by atoms with Crippen LogP contribution in [0.5, 0.6) is 11.5 Å². The van der Waals surface area contributed by atoms with E-state index in [-0.39, 0.29) is 5.41 Å². The van der Waals surface area contributed by atoms with E-state index in [4.69, 9.17) is 0 Å². The van der Waals surface area contributed by atoms with Gasteiger partial charge in [0.25, 0.3) is 0 Å². The van der Waals surface area contributed by atoms with Crippen molar-refractivity contribution in [2.45, 2.75) is 50.9 Å². The largest absolute Gasteiger partial charge is 0.508 e. The van der Waals surface area contributed by atoms with Crippen molar-refractivity contribution in [3.63, 3.8) is 0 Å². The third-order valence-corrected chi connectivity index (χ3v) is 6.12. The second kappa shape index (κ2) is 8.04. The summed E-state index contributed by atoms with van der Waals surface area (Å²) < 4.78 is 0. The fraction of sp³-hybridized carbons (Fsp3) is 0.360. The Kier molecular flexibility index (Phi) is 5.74. The number of benzene rings is 2. The molecule has 2 aromatic carbocycles. The second-order valence-electron chi connectivity index (χ2n) is 7.94. The first kappa shape index (κ1) is 19.3. The minimum absolute atomic E-state index is 0.0836. The molecule has 1 aliphatic carbocycles. The molecule has 2 aromatic rings. The van der Waals surface area contributed by atoms with Gasteiger partial charge in [0.1, 0.15) is 11.5 Å². The monoisotopic (exact) mass is 362 g/mol. The van der Waals surface area contributed by atoms with Crippen LogP contribution in [0.4, 0.5) is 0 Å². The molecule has 0 aromatic heterocycles. The molecule has 142 valence electrons. The Morgan fingerprint density at radius 2 is 1.33 bits per heavy atom. The summed E-state index contributed by atoms with van der Waals surface area (Å²) in [4.78, 5) is 0. The molecule has 0 unspecified atom stereocenters. The van der Waals surface area contributed by atoms with Crippen molar-refractivity contribution in [2.75, 3.05) is 0 Å². The van der Waals surface area contributed by atoms with E-state index >= 15 is 0 Å². The summed E-state index contributed by atoms with van der Waals surface area (Å²) in [6.07, 6.45) is 9.47. The predicted octanol–water partition coefficient (Wildman–Crippen LogP) is 6.05. The molecule has 1 fully saturated rings. The minimum atomic E-state index is -0.0836. The first-order valence-corrected chi connectivity index (χ1v) is 9.86. The Bertz CT molecular complexity index is 765. The highest BCUT2D eigenvalue weighted by molar-refractivity contribution is 5.49. The first-order chi connectivity index (χ1) is 13.0. The van der Waals surface area contributed by atoms with Crippen LogP contribution in [-0.2, 0) is 18.3 Å². The van der Waals surface area contributed by atoms with Gasteiger partial charge in [0.05, 0.1) is 0 Å². The molecule has 0 saturated heterocycles. The van der Waals surface area contributed by atoms with E-state index in [0.717, 1.165) is 29.9 Å². The molecule has 2 heteroatoms. The summed E-state index contributed by atoms with van der Waals surface area (Å²) in [5.41, 5.74) is 4.26. The predicted molar refractivity (Wildman–Crippen MR) is 112 cm³/mol. The molecule has 27 heavy (non-hydrogen) atoms. The quantitative estimate of drug-likeness (QED) is 0.614. The average molecular weight is 363 g/mol. The lowest BCUT2D eigenvalue weighted by atomic mass is 9.63. The van der Waals surface area contributed by atoms with E-state index in [1.807, 2.05) is 24.3 Å². The minimum Gasteiger partial charge on any atom is -0.508 e. The van der Waals surface area contributed by atoms with Crippen LogP contribution < -0.4 is 0 Å². The highest BCUT2D eigenvalue weighted by Crippen LogP contribution is 2.48. The third kappa shape index (κ3) is 3.80. The van der Waals surface area contributed by atoms with Crippen LogP contribution in [0.3, 0.4) is 0 Å². The van der Waals surface area contributed by atoms with Gasteiger partial charge in [-0.15, -0.1) is 13.2 Å². The van der Waals surface area contributed by atoms with E-state index in [1.54, 1.807) is 0 Å². The zero-order chi connectivity index (χ0) is 19.4. The van der Waals surface area contributed by atoms with Crippen molar-refractivity contribution in [1.82, 2.24) is 0 Å². The Balaban J connectivity index is 2.14. The van der Waals surface area contributed by atoms with Crippen LogP contribution >= 0.6 is 0 Å². The maximum absolute atomic E-state index is 10.2. The summed E-state index contributed by atoms with van der Waals surface area (Å²) in [6, 6.07) is 12.1. The number of hydrogen-bond donors (Lipinski definition) is 2. The first-order valence-electron chi connectivity index (χ1n) is 9.86. The molecular formula is C25H30O2. The molecule has 0 aliphatic heterocycles. The Hall–Kier alpha value is -2.48. The van der Waals surface area contributed by atoms with E-state index in [0.29, 0.717) is 24.3 Å². The van der Waals surface area contributed by atoms with Crippen LogP contribution in [0.2, 0.25) is 0 Å². The van der Waals surface area contributed by atoms with Gasteiger partial charge < -0.3 is 10.2 Å². The van der Waals surface area contributed by atoms with E-state index in [1.165, 1.54) is 24.0 Å². The molecule has 2 nitrogen and oxygen atoms in total. The van der Waals surface area contributed by atoms with Crippen molar-refractivity contribution in [2.24, 2.45) is 5.92 Å². The van der Waals surface area contributed by atoms with Gasteiger partial charge in [-0.1, -0.05) is 43.3 Å². The molecule has 0 amide bonds. The Morgan fingerprint density at radius 3 is 1.74 bits per heavy atom. The number of phenolic OH excluding ortho intramolecular Hbond substituents is 2. The van der Waals surface area contributed by atoms with Gasteiger partial charge in [0.15, 0.2) is 0 Å². The van der Waals surface area contributed by atoms with Gasteiger partial charge in [-0.2, -0.15) is 0 Å². The van der Waals surface area contributed by atoms with Crippen LogP contribution in [0.15, 0.2) is 61.7 Å². The van der Waals surface area contributed by atoms with Crippen LogP contribution in [-0.4, -0.2) is 10.2 Å². The number of aromatic hydroxyl groups is 2. The summed E-state index contributed by atoms with van der Waals surface area (Å²) >= 11 is 0. The molecule has 0 spiro atoms. The van der Waals surface area contributed by atoms with E-state index in [9.17, 15) is 10.2 Å². The summed E-state index contributed by atoms with van der Waals surface area (Å²) in [6.45, 7) is 9.96. The summed E-state index contributed by atoms with van der Waals surface area (Å²) in [7, 11) is 0. The van der Waals surface area contributed by atoms with Gasteiger partial charge >= 0.3 is 0 Å². The SMILES string of the molecule is C=CCc1cc(C2(c3ccc(O)c(CC=C)c3)CCC(C)CC2)ccc1O. The zero-order valence-corrected chi connectivity index (χ0v) is 16.2. The topological polar surface area (TPSA) is 40.5 Å². The lowest BCUT2D eigenvalue weighted by Crippen LogP contribution is -2.32. The van der Waals surface area contributed by atoms with Crippen molar-refractivity contribution in [3.8, 4) is 11.5 Å². The standard InChI is InChI=1S/C25H30O2/c1-4-6-19-16-21(8-10-23(19)26)25(14-12-18(3)13-15-25)22-9-11-24(27)20(17-22)7-5-2/h4-5,8-11,16-18,26-27H,1-2,6-7,12-15H2,3H3. The zero-order valence-electron chi connectivity index (χ0n) is 16.2. The van der Waals surface area contributed by atoms with E-state index < -0.39 is 0 Å². The maximum Gasteiger partial charge on any atom is 0.119 e. The average Bonchev–Trinajstić information content (AvgIpc) is 2.67. The Labute approximate surface area is 162 Å². The smallest absolute Gasteiger partial charge is 0.119 e. The lowest BCUT2D eigenvalue weighted by Gasteiger charge is -2.41. The van der Waals surface area contributed by atoms with Crippen molar-refractivity contribution in [3.05, 3.63) is 84.0 Å². The van der Waals surface area contributed by atoms with E-state index in [2.05, 4.69) is 44.3 Å². The van der Waals surface area contributed by atoms with Crippen LogP contribution in [0.25, 0.3) is 0 Å². The maximum atomic E-state index is 10.2. The second-order valence-corrected chi connectivity index (χ2v) is 7.94. The highest BCUT2D eigenvalue weighted by atomic mass is 16.3. The highest BCUT2D eigenvalue weighted by Gasteiger charge is 2.38. The van der Waals surface area contributed by atoms with Crippen molar-refractivity contribution < 1.29 is 10.2 Å². The normalized spacial score (nSPS) is 16.8. The number of allylic oxidation sites excluding steroid dienone is 2. The molecule has 2 N–H and O–H groups in total. The van der Waals surface area contributed by atoms with Gasteiger partial charge in [0, 0.05) is 5.41 Å². The number of phenols is 2. The van der Waals surface area contributed by atoms with Gasteiger partial charge in [0.2, 0.25) is 0 Å². The van der Waals surface area contributed by atoms with Crippen molar-refractivity contribution >= 4 is 0 Å². The fourth-order valence-electron chi connectivity index (χ4n) is 4.40. The van der Waals surface area contributed by atoms with Crippen LogP contribution in [0, 0.1) is 5.92 Å². The molecule has 0 atom stereocenters. The Morgan fingerprint density at radius 1 is 0.889 bits per heavy atom. The lowest BCUT2D eigenvalue weighted by molar-refractivity contribution is 0.280. The molecule has 0 heterocycles. The summed E-state index contributed by atoms with van der Waals surface area (Å²) in [5.74, 6) is 1.39. The van der Waals surface area contributed by atoms with Gasteiger partial charge in [-0.25, -0.2) is 0 Å². The number of hydrogen-bond acceptors (Lipinski definition) is 2. The molecule has 0 radical (unpaired) electrons. The third-order valence-electron chi connectivity index (χ3n) is 6.12. The molecule has 0 bridgehead atoms. The van der Waals surface area contributed by atoms with Gasteiger partial charge in [-0.3, -0.25) is 0 Å². The van der Waals surface area contributed by atoms with Crippen molar-refractivity contribution in [1.29, 1.82) is 0 Å². The van der Waals surface area contributed by atoms with Crippen LogP contribution in [0.1, 0.15) is 54.9 Å². The molecule has 1 aliphatic rings. The summed E-state index contributed by atoms with van der Waals surface area (Å²) in [5, 5.41) is 20.4. The van der Waals surface area contributed by atoms with Gasteiger partial charge in [-0.05, 0) is 78.8 Å². The molecular weight excluding hydrogens is 332 g/mol. The number of rotatable bonds is 6. The fourth-order valence-corrected chi connectivity index (χ4v) is 4.40. The molecule has 1 saturated carbocycles.